The number of rotatable bonds is 12. The van der Waals surface area contributed by atoms with Crippen LogP contribution in [0.1, 0.15) is 45.9 Å². The largest absolute Gasteiger partial charge is 0.394 e. The first-order valence-electron chi connectivity index (χ1n) is 39.5. The van der Waals surface area contributed by atoms with Crippen molar-refractivity contribution in [3.8, 4) is 71.0 Å². The van der Waals surface area contributed by atoms with Crippen molar-refractivity contribution in [1.82, 2.24) is 0 Å². The van der Waals surface area contributed by atoms with Crippen LogP contribution in [0.4, 0.5) is 0 Å². The van der Waals surface area contributed by atoms with Gasteiger partial charge in [0.05, 0.1) is 59.0 Å². The van der Waals surface area contributed by atoms with Crippen LogP contribution in [0.5, 0.6) is 0 Å². The van der Waals surface area contributed by atoms with Crippen molar-refractivity contribution in [2.45, 2.75) is 251 Å². The second kappa shape index (κ2) is 47.3. The fourth-order valence-electron chi connectivity index (χ4n) is 14.1. The van der Waals surface area contributed by atoms with Crippen LogP contribution in [0, 0.1) is 71.0 Å². The van der Waals surface area contributed by atoms with Gasteiger partial charge in [0, 0.05) is 22.3 Å². The lowest BCUT2D eigenvalue weighted by Gasteiger charge is -2.40. The maximum absolute atomic E-state index is 10.4. The smallest absolute Gasteiger partial charge is 0.148 e. The first kappa shape index (κ1) is 101. The van der Waals surface area contributed by atoms with Gasteiger partial charge in [0.2, 0.25) is 0 Å². The second-order valence-corrected chi connectivity index (χ2v) is 30.4. The standard InChI is InChI=1S/C24H28O10.C23H30O10.C22H26O10.C16H22O10/c25-9-16-19(28)21(30)18(27)15(33-16)6-2-11-1-3-13-8-14(5-4-12(13)7-11)24-23(32)22(31)20(29)17(10-26)34-24;24-10-16-20(28)22(30)18(26)14(32-16)3-1-2-12-4-6-13(7-5-12)8-9-15-19(27)23(31)21(29)17(11-25)33-15;23-9-15-19(27)21(29)17(25)13(31-15)7-5-11-1-2-12(4-3-11)6-8-14-18(26)22(30)20(28)16(10-24)32-14;17-5-9-13(21)15(23)11(19)7(25-9)3-1-2-4-8-12(20)16(24)14(22)10(6-18)26-8/h1,3-5,7-8,15-32H,9-10H2;1-2,4-7,14-31H,3,10-11H2;1-4,13-30H,9-10H2;7-24H,5-6H2/b;2-1+;;/t15-,16-,17-,18-,19-,20-,21-,22+,23+,24-;14-,15-,16-,17-,18-,19-,20-,21-,22-,23-;13-,14-,15-,16-,17-,18-,19-,20-,21-,22-;7-,8-,9-,10-,11-,12-,13-,14-,15-,16-/m1111/s1. The molecule has 0 unspecified atom stereocenters. The van der Waals surface area contributed by atoms with Gasteiger partial charge >= 0.3 is 0 Å². The van der Waals surface area contributed by atoms with Crippen molar-refractivity contribution in [3.05, 3.63) is 124 Å². The molecule has 0 aliphatic carbocycles. The van der Waals surface area contributed by atoms with Crippen LogP contribution in [0.25, 0.3) is 16.8 Å². The molecule has 4 aromatic carbocycles. The van der Waals surface area contributed by atoms with Gasteiger partial charge in [-0.3, -0.25) is 0 Å². The summed E-state index contributed by atoms with van der Waals surface area (Å²) >= 11 is 0. The summed E-state index contributed by atoms with van der Waals surface area (Å²) < 4.78 is 42.8. The number of hydrogen-bond donors (Lipinski definition) is 32. The van der Waals surface area contributed by atoms with Crippen LogP contribution in [-0.4, -0.2) is 454 Å². The number of benzene rings is 4. The Morgan fingerprint density at radius 2 is 0.464 bits per heavy atom. The molecule has 40 nitrogen and oxygen atoms in total. The molecular weight excluding hydrogens is 1660 g/mol. The molecule has 8 aliphatic rings. The molecule has 32 N–H and O–H groups in total. The minimum Gasteiger partial charge on any atom is -0.394 e. The van der Waals surface area contributed by atoms with Gasteiger partial charge in [0.25, 0.3) is 0 Å². The molecule has 0 spiro atoms. The van der Waals surface area contributed by atoms with Gasteiger partial charge in [0.15, 0.2) is 0 Å². The zero-order valence-electron chi connectivity index (χ0n) is 66.3. The van der Waals surface area contributed by atoms with E-state index in [1.807, 2.05) is 0 Å². The summed E-state index contributed by atoms with van der Waals surface area (Å²) in [5.41, 5.74) is 3.66. The van der Waals surface area contributed by atoms with Crippen molar-refractivity contribution < 1.29 is 201 Å². The van der Waals surface area contributed by atoms with Crippen LogP contribution in [0.15, 0.2) is 91.0 Å². The summed E-state index contributed by atoms with van der Waals surface area (Å²) in [5.74, 6) is 31.5. The maximum atomic E-state index is 10.4. The Balaban J connectivity index is 0.000000190. The van der Waals surface area contributed by atoms with Crippen molar-refractivity contribution >= 4 is 16.8 Å². The molecule has 8 aliphatic heterocycles. The van der Waals surface area contributed by atoms with E-state index >= 15 is 0 Å². The first-order chi connectivity index (χ1) is 59.6. The van der Waals surface area contributed by atoms with Gasteiger partial charge in [-0.05, 0) is 94.8 Å². The molecule has 0 aromatic heterocycles. The van der Waals surface area contributed by atoms with E-state index < -0.39 is 297 Å². The Labute approximate surface area is 714 Å². The quantitative estimate of drug-likeness (QED) is 0.0586. The highest BCUT2D eigenvalue weighted by atomic mass is 16.6. The Morgan fingerprint density at radius 3 is 0.784 bits per heavy atom. The second-order valence-electron chi connectivity index (χ2n) is 30.4. The average Bonchev–Trinajstić information content (AvgIpc) is 0.781. The summed E-state index contributed by atoms with van der Waals surface area (Å²) in [4.78, 5) is 0. The Morgan fingerprint density at radius 1 is 0.224 bits per heavy atom. The first-order valence-corrected chi connectivity index (χ1v) is 39.5. The van der Waals surface area contributed by atoms with E-state index in [1.165, 1.54) is 0 Å². The minimum atomic E-state index is -1.56. The van der Waals surface area contributed by atoms with Gasteiger partial charge in [0.1, 0.15) is 238 Å². The molecule has 0 saturated carbocycles. The number of fused-ring (bicyclic) bond motifs is 1. The van der Waals surface area contributed by atoms with E-state index in [1.54, 1.807) is 97.1 Å². The van der Waals surface area contributed by atoms with E-state index in [0.29, 0.717) is 27.8 Å². The van der Waals surface area contributed by atoms with Crippen LogP contribution in [-0.2, 0) is 37.9 Å². The van der Waals surface area contributed by atoms with Crippen LogP contribution in [0.3, 0.4) is 0 Å². The molecule has 12 rings (SSSR count). The molecule has 125 heavy (non-hydrogen) atoms. The van der Waals surface area contributed by atoms with Crippen LogP contribution >= 0.6 is 0 Å². The molecule has 40 atom stereocenters. The highest BCUT2D eigenvalue weighted by molar-refractivity contribution is 5.84. The van der Waals surface area contributed by atoms with E-state index in [0.717, 1.165) is 16.3 Å². The predicted molar refractivity (Wildman–Crippen MR) is 423 cm³/mol. The van der Waals surface area contributed by atoms with Crippen molar-refractivity contribution in [1.29, 1.82) is 0 Å². The van der Waals surface area contributed by atoms with Gasteiger partial charge in [-0.25, -0.2) is 0 Å². The summed E-state index contributed by atoms with van der Waals surface area (Å²) in [6, 6.07) is 24.0. The third kappa shape index (κ3) is 25.0. The molecule has 0 bridgehead atoms. The maximum Gasteiger partial charge on any atom is 0.148 e. The number of hydrogen-bond acceptors (Lipinski definition) is 40. The third-order valence-electron chi connectivity index (χ3n) is 21.8. The molecule has 8 fully saturated rings. The fraction of sp³-hybridized carbons (Fsp3) is 0.576. The van der Waals surface area contributed by atoms with Gasteiger partial charge in [-0.15, -0.1) is 0 Å². The zero-order chi connectivity index (χ0) is 91.5. The third-order valence-corrected chi connectivity index (χ3v) is 21.8. The molecule has 0 amide bonds. The average molecular weight is 1770 g/mol. The Kier molecular flexibility index (Phi) is 38.3. The Bertz CT molecular complexity index is 4360. The minimum absolute atomic E-state index is 0.250. The van der Waals surface area contributed by atoms with Crippen molar-refractivity contribution in [3.63, 3.8) is 0 Å². The molecule has 4 aromatic rings. The highest BCUT2D eigenvalue weighted by Gasteiger charge is 2.50. The summed E-state index contributed by atoms with van der Waals surface area (Å²) in [7, 11) is 0. The van der Waals surface area contributed by atoms with Crippen molar-refractivity contribution in [2.24, 2.45) is 0 Å². The predicted octanol–water partition coefficient (Wildman–Crippen LogP) is -14.6. The fourth-order valence-corrected chi connectivity index (χ4v) is 14.1. The topological polar surface area (TPSA) is 721 Å². The van der Waals surface area contributed by atoms with E-state index in [4.69, 9.17) is 48.1 Å². The van der Waals surface area contributed by atoms with Crippen molar-refractivity contribution in [2.75, 3.05) is 52.9 Å². The van der Waals surface area contributed by atoms with Crippen LogP contribution in [0.2, 0.25) is 0 Å². The lowest BCUT2D eigenvalue weighted by atomic mass is 9.90. The SMILES string of the molecule is OC[C@H]1O[C@H](C#CC#C[C@H]2O[C@H](CO)[C@@H](O)[C@H](O)[C@@H]2O)[C@@H](O)[C@@H](O)[C@@H]1O.OC[C@H]1O[C@H](C#Cc2ccc(C#C[C@H]3O[C@H](CO)[C@@H](O)[C@H](O)[C@@H]3O)cc2)[C@@H](O)[C@@H](O)[C@@H]1O.OC[C@H]1O[C@H](C/C=C/c2ccc(C#C[C@H]3O[C@H](CO)[C@@H](O)[C@H](O)[C@@H]3O)cc2)[C@@H](O)[C@@H](O)[C@@H]1O.OC[C@H]1O[C@H](c2ccc3cc(C#C[C@H]4O[C@H](CO)[C@@H](O)[C@H](O)[C@@H]4O)ccc3c2)[C@@H](O)[C@@H](O)[C@@H]1O. The van der Waals surface area contributed by atoms with Gasteiger partial charge < -0.3 is 201 Å². The molecular formula is C85H106O40. The molecule has 8 saturated heterocycles. The number of aliphatic hydroxyl groups is 32. The van der Waals surface area contributed by atoms with E-state index in [-0.39, 0.29) is 6.42 Å². The highest BCUT2D eigenvalue weighted by Crippen LogP contribution is 2.35. The lowest BCUT2D eigenvalue weighted by molar-refractivity contribution is -0.231. The summed E-state index contributed by atoms with van der Waals surface area (Å²) in [6.45, 7) is -4.28. The molecule has 40 heteroatoms. The van der Waals surface area contributed by atoms with Crippen LogP contribution < -0.4 is 0 Å². The summed E-state index contributed by atoms with van der Waals surface area (Å²) in [6.07, 6.45) is -48.0. The normalized spacial score (nSPS) is 40.4. The number of ether oxygens (including phenoxy) is 8. The monoisotopic (exact) mass is 1770 g/mol. The molecule has 0 radical (unpaired) electrons. The van der Waals surface area contributed by atoms with E-state index in [2.05, 4.69) is 71.0 Å². The lowest BCUT2D eigenvalue weighted by Crippen LogP contribution is -2.58. The molecule has 8 heterocycles. The molecule has 686 valence electrons. The van der Waals surface area contributed by atoms with E-state index in [9.17, 15) is 153 Å². The van der Waals surface area contributed by atoms with Gasteiger partial charge in [-0.2, -0.15) is 0 Å². The zero-order valence-corrected chi connectivity index (χ0v) is 66.3. The van der Waals surface area contributed by atoms with Gasteiger partial charge in [-0.1, -0.05) is 102 Å². The summed E-state index contributed by atoms with van der Waals surface area (Å²) in [5, 5.41) is 312. The number of aliphatic hydroxyl groups excluding tert-OH is 32. The Hall–Kier alpha value is -7.36.